The maximum absolute atomic E-state index is 5.45. The third-order valence-electron chi connectivity index (χ3n) is 4.58. The predicted octanol–water partition coefficient (Wildman–Crippen LogP) is 0.522. The molecule has 134 valence electrons. The van der Waals surface area contributed by atoms with Crippen molar-refractivity contribution in [1.29, 1.82) is 0 Å². The van der Waals surface area contributed by atoms with Gasteiger partial charge in [0.15, 0.2) is 10.6 Å². The first-order chi connectivity index (χ1) is 12.1. The number of hydrogen-bond donors (Lipinski definition) is 3. The van der Waals surface area contributed by atoms with Gasteiger partial charge in [-0.1, -0.05) is 47.2 Å². The highest BCUT2D eigenvalue weighted by Gasteiger charge is 2.23. The molecule has 1 fully saturated rings. The van der Waals surface area contributed by atoms with Crippen molar-refractivity contribution in [3.63, 3.8) is 0 Å². The topological polar surface area (TPSA) is 38.7 Å². The van der Waals surface area contributed by atoms with E-state index in [4.69, 9.17) is 12.2 Å². The van der Waals surface area contributed by atoms with Gasteiger partial charge in [0.1, 0.15) is 32.7 Å². The fourth-order valence-corrected chi connectivity index (χ4v) is 4.26. The Balaban J connectivity index is 1.50. The minimum absolute atomic E-state index is 0.718. The van der Waals surface area contributed by atoms with Gasteiger partial charge >= 0.3 is 0 Å². The lowest BCUT2D eigenvalue weighted by Gasteiger charge is -2.29. The Bertz CT molecular complexity index is 759. The number of benzene rings is 1. The molecule has 3 rings (SSSR count). The van der Waals surface area contributed by atoms with E-state index in [1.165, 1.54) is 35.6 Å². The summed E-state index contributed by atoms with van der Waals surface area (Å²) in [7, 11) is 0. The van der Waals surface area contributed by atoms with Crippen molar-refractivity contribution >= 4 is 28.7 Å². The minimum atomic E-state index is 0.718. The molecule has 0 spiro atoms. The molecule has 1 aliphatic heterocycles. The van der Waals surface area contributed by atoms with Crippen molar-refractivity contribution < 1.29 is 9.80 Å². The van der Waals surface area contributed by atoms with Crippen LogP contribution < -0.4 is 15.1 Å². The smallest absolute Gasteiger partial charge is 0.205 e. The zero-order valence-corrected chi connectivity index (χ0v) is 16.4. The molecule has 0 unspecified atom stereocenters. The Hall–Kier alpha value is -1.54. The molecule has 0 aliphatic carbocycles. The minimum Gasteiger partial charge on any atom is -0.357 e. The lowest BCUT2D eigenvalue weighted by atomic mass is 10.1. The summed E-state index contributed by atoms with van der Waals surface area (Å²) in [5, 5.41) is 8.68. The van der Waals surface area contributed by atoms with Crippen LogP contribution in [0.2, 0.25) is 0 Å². The number of hydrogen-bond acceptors (Lipinski definition) is 4. The van der Waals surface area contributed by atoms with Crippen LogP contribution in [0.1, 0.15) is 11.1 Å². The molecule has 0 bridgehead atoms. The number of aromatic nitrogens is 2. The van der Waals surface area contributed by atoms with Crippen LogP contribution in [-0.4, -0.2) is 42.5 Å². The molecule has 2 aromatic rings. The second-order valence-electron chi connectivity index (χ2n) is 6.67. The lowest BCUT2D eigenvalue weighted by Crippen LogP contribution is -3.27. The third kappa shape index (κ3) is 5.22. The van der Waals surface area contributed by atoms with E-state index in [0.29, 0.717) is 0 Å². The van der Waals surface area contributed by atoms with Gasteiger partial charge in [-0.15, -0.1) is 11.7 Å². The van der Waals surface area contributed by atoms with Crippen LogP contribution in [-0.2, 0) is 13.2 Å². The van der Waals surface area contributed by atoms with Crippen molar-refractivity contribution in [2.45, 2.75) is 20.1 Å². The number of piperazine rings is 1. The second-order valence-corrected chi connectivity index (χ2v) is 8.29. The number of nitrogens with zero attached hydrogens (tertiary/aromatic N) is 2. The standard InChI is InChI=1S/C18H25N5S2/c1-3-7-19-17-20-23(18(24)25-17)14-22-10-8-21(9-11-22)13-16-6-4-5-15(2)12-16/h3-6,12H,1,7-11,13-14H2,2H3,(H,19,20)/p+2. The summed E-state index contributed by atoms with van der Waals surface area (Å²) in [4.78, 5) is 3.23. The highest BCUT2D eigenvalue weighted by Crippen LogP contribution is 2.12. The average Bonchev–Trinajstić information content (AvgIpc) is 2.94. The number of nitrogens with one attached hydrogen (secondary N) is 3. The van der Waals surface area contributed by atoms with Gasteiger partial charge in [-0.3, -0.25) is 0 Å². The molecule has 2 heterocycles. The first kappa shape index (κ1) is 18.3. The van der Waals surface area contributed by atoms with Crippen LogP contribution >= 0.6 is 23.6 Å². The maximum atomic E-state index is 5.45. The fourth-order valence-electron chi connectivity index (χ4n) is 3.25. The Morgan fingerprint density at radius 2 is 2.08 bits per heavy atom. The Labute approximate surface area is 158 Å². The summed E-state index contributed by atoms with van der Waals surface area (Å²) >= 11 is 6.98. The average molecular weight is 378 g/mol. The molecule has 1 saturated heterocycles. The summed E-state index contributed by atoms with van der Waals surface area (Å²) in [6.07, 6.45) is 1.83. The van der Waals surface area contributed by atoms with Gasteiger partial charge in [0, 0.05) is 12.1 Å². The molecule has 1 aliphatic rings. The van der Waals surface area contributed by atoms with Gasteiger partial charge in [0.2, 0.25) is 5.13 Å². The monoisotopic (exact) mass is 377 g/mol. The van der Waals surface area contributed by atoms with Crippen molar-refractivity contribution in [3.05, 3.63) is 52.0 Å². The van der Waals surface area contributed by atoms with Gasteiger partial charge in [-0.2, -0.15) is 4.68 Å². The molecule has 0 saturated carbocycles. The van der Waals surface area contributed by atoms with E-state index in [1.807, 2.05) is 10.8 Å². The van der Waals surface area contributed by atoms with Gasteiger partial charge in [0.05, 0.1) is 0 Å². The quantitative estimate of drug-likeness (QED) is 0.487. The molecular formula is C18H27N5S2+2. The van der Waals surface area contributed by atoms with Gasteiger partial charge in [-0.05, 0) is 19.1 Å². The number of aryl methyl sites for hydroxylation is 1. The number of rotatable bonds is 7. The highest BCUT2D eigenvalue weighted by atomic mass is 32.1. The molecule has 1 aromatic carbocycles. The molecular weight excluding hydrogens is 350 g/mol. The largest absolute Gasteiger partial charge is 0.357 e. The first-order valence-corrected chi connectivity index (χ1v) is 10.0. The Morgan fingerprint density at radius 3 is 2.80 bits per heavy atom. The van der Waals surface area contributed by atoms with E-state index in [0.717, 1.165) is 41.9 Å². The maximum Gasteiger partial charge on any atom is 0.205 e. The van der Waals surface area contributed by atoms with E-state index in [9.17, 15) is 0 Å². The second kappa shape index (κ2) is 8.71. The zero-order valence-electron chi connectivity index (χ0n) is 14.8. The van der Waals surface area contributed by atoms with Crippen LogP contribution in [0, 0.1) is 10.9 Å². The lowest BCUT2D eigenvalue weighted by molar-refractivity contribution is -1.03. The summed E-state index contributed by atoms with van der Waals surface area (Å²) in [5.41, 5.74) is 2.79. The Kier molecular flexibility index (Phi) is 6.36. The van der Waals surface area contributed by atoms with Gasteiger partial charge in [0.25, 0.3) is 0 Å². The van der Waals surface area contributed by atoms with E-state index in [-0.39, 0.29) is 0 Å². The molecule has 5 nitrogen and oxygen atoms in total. The van der Waals surface area contributed by atoms with Crippen LogP contribution in [0.15, 0.2) is 36.9 Å². The van der Waals surface area contributed by atoms with Crippen molar-refractivity contribution in [1.82, 2.24) is 9.78 Å². The van der Waals surface area contributed by atoms with Crippen molar-refractivity contribution in [3.8, 4) is 0 Å². The number of quaternary nitrogens is 2. The van der Waals surface area contributed by atoms with Crippen LogP contribution in [0.5, 0.6) is 0 Å². The summed E-state index contributed by atoms with van der Waals surface area (Å²) in [5.74, 6) is 0. The van der Waals surface area contributed by atoms with Crippen molar-refractivity contribution in [2.24, 2.45) is 0 Å². The van der Waals surface area contributed by atoms with Crippen molar-refractivity contribution in [2.75, 3.05) is 38.0 Å². The number of anilines is 1. The molecule has 3 N–H and O–H groups in total. The fraction of sp³-hybridized carbons (Fsp3) is 0.444. The van der Waals surface area contributed by atoms with E-state index in [2.05, 4.69) is 48.2 Å². The molecule has 1 aromatic heterocycles. The molecule has 25 heavy (non-hydrogen) atoms. The van der Waals surface area contributed by atoms with Crippen LogP contribution in [0.3, 0.4) is 0 Å². The molecule has 0 amide bonds. The first-order valence-electron chi connectivity index (χ1n) is 8.79. The van der Waals surface area contributed by atoms with Gasteiger partial charge < -0.3 is 15.1 Å². The normalized spacial score (nSPS) is 20.4. The highest BCUT2D eigenvalue weighted by molar-refractivity contribution is 7.73. The molecule has 0 radical (unpaired) electrons. The van der Waals surface area contributed by atoms with E-state index >= 15 is 0 Å². The van der Waals surface area contributed by atoms with E-state index < -0.39 is 0 Å². The zero-order chi connectivity index (χ0) is 17.6. The van der Waals surface area contributed by atoms with Crippen LogP contribution in [0.25, 0.3) is 0 Å². The van der Waals surface area contributed by atoms with Crippen LogP contribution in [0.4, 0.5) is 5.13 Å². The Morgan fingerprint density at radius 1 is 1.32 bits per heavy atom. The third-order valence-corrected chi connectivity index (χ3v) is 5.84. The summed E-state index contributed by atoms with van der Waals surface area (Å²) in [6.45, 7) is 13.3. The predicted molar refractivity (Wildman–Crippen MR) is 106 cm³/mol. The molecule has 7 heteroatoms. The van der Waals surface area contributed by atoms with Gasteiger partial charge in [-0.25, -0.2) is 0 Å². The summed E-state index contributed by atoms with van der Waals surface area (Å²) < 4.78 is 2.81. The SMILES string of the molecule is C=CCNc1nn(C[NH+]2CC[NH+](Cc3cccc(C)c3)CC2)c(=S)s1. The summed E-state index contributed by atoms with van der Waals surface area (Å²) in [6, 6.07) is 8.87. The molecule has 0 atom stereocenters. The van der Waals surface area contributed by atoms with E-state index in [1.54, 1.807) is 9.80 Å².